The molecule has 0 aliphatic carbocycles. The van der Waals surface area contributed by atoms with Crippen LogP contribution in [0.15, 0.2) is 48.8 Å². The van der Waals surface area contributed by atoms with Crippen molar-refractivity contribution in [3.8, 4) is 5.75 Å². The molecule has 0 aliphatic heterocycles. The van der Waals surface area contributed by atoms with Gasteiger partial charge < -0.3 is 10.1 Å². The number of methoxy groups -OCH3 is 1. The lowest BCUT2D eigenvalue weighted by Crippen LogP contribution is -2.13. The molecule has 8 heteroatoms. The van der Waals surface area contributed by atoms with Crippen molar-refractivity contribution in [3.05, 3.63) is 75.8 Å². The summed E-state index contributed by atoms with van der Waals surface area (Å²) in [4.78, 5) is 12.5. The molecule has 0 radical (unpaired) electrons. The predicted molar refractivity (Wildman–Crippen MR) is 98.7 cm³/mol. The van der Waals surface area contributed by atoms with E-state index < -0.39 is 11.7 Å². The molecule has 0 saturated carbocycles. The van der Waals surface area contributed by atoms with Gasteiger partial charge in [-0.3, -0.25) is 9.48 Å². The van der Waals surface area contributed by atoms with Gasteiger partial charge >= 0.3 is 0 Å². The largest absolute Gasteiger partial charge is 0.496 e. The molecule has 1 amide bonds. The van der Waals surface area contributed by atoms with Gasteiger partial charge in [0.15, 0.2) is 0 Å². The van der Waals surface area contributed by atoms with E-state index in [9.17, 15) is 9.18 Å². The molecular weight excluding hydrogens is 380 g/mol. The summed E-state index contributed by atoms with van der Waals surface area (Å²) in [5, 5.41) is 7.56. The first kappa shape index (κ1) is 18.2. The minimum absolute atomic E-state index is 0.141. The molecule has 0 saturated heterocycles. The minimum Gasteiger partial charge on any atom is -0.496 e. The molecule has 0 unspecified atom stereocenters. The van der Waals surface area contributed by atoms with Crippen molar-refractivity contribution in [3.63, 3.8) is 0 Å². The fourth-order valence-corrected chi connectivity index (χ4v) is 2.81. The van der Waals surface area contributed by atoms with E-state index in [1.54, 1.807) is 24.4 Å². The van der Waals surface area contributed by atoms with E-state index in [2.05, 4.69) is 10.4 Å². The van der Waals surface area contributed by atoms with E-state index in [1.165, 1.54) is 36.2 Å². The third-order valence-electron chi connectivity index (χ3n) is 3.68. The van der Waals surface area contributed by atoms with Crippen molar-refractivity contribution in [2.24, 2.45) is 0 Å². The maximum absolute atomic E-state index is 13.9. The first-order valence-electron chi connectivity index (χ1n) is 7.58. The molecule has 0 bridgehead atoms. The number of benzene rings is 2. The van der Waals surface area contributed by atoms with Gasteiger partial charge in [0.2, 0.25) is 0 Å². The van der Waals surface area contributed by atoms with Crippen molar-refractivity contribution in [1.82, 2.24) is 9.78 Å². The Morgan fingerprint density at radius 3 is 2.85 bits per heavy atom. The van der Waals surface area contributed by atoms with Gasteiger partial charge in [-0.15, -0.1) is 0 Å². The first-order chi connectivity index (χ1) is 12.5. The summed E-state index contributed by atoms with van der Waals surface area (Å²) in [6, 6.07) is 9.23. The number of rotatable bonds is 5. The number of nitrogens with one attached hydrogen (secondary N) is 1. The molecule has 2 aromatic carbocycles. The maximum Gasteiger partial charge on any atom is 0.259 e. The van der Waals surface area contributed by atoms with Gasteiger partial charge in [0.25, 0.3) is 5.91 Å². The van der Waals surface area contributed by atoms with E-state index in [0.717, 1.165) is 0 Å². The van der Waals surface area contributed by atoms with Crippen LogP contribution in [-0.4, -0.2) is 22.8 Å². The van der Waals surface area contributed by atoms with E-state index in [4.69, 9.17) is 27.9 Å². The molecule has 1 aromatic heterocycles. The lowest BCUT2D eigenvalue weighted by Gasteiger charge is -2.08. The highest BCUT2D eigenvalue weighted by Gasteiger charge is 2.15. The minimum atomic E-state index is -0.415. The Balaban J connectivity index is 1.77. The van der Waals surface area contributed by atoms with Gasteiger partial charge in [0.05, 0.1) is 31.1 Å². The third kappa shape index (κ3) is 3.98. The first-order valence-corrected chi connectivity index (χ1v) is 8.33. The highest BCUT2D eigenvalue weighted by molar-refractivity contribution is 6.31. The van der Waals surface area contributed by atoms with Crippen LogP contribution >= 0.6 is 23.2 Å². The van der Waals surface area contributed by atoms with Crippen molar-refractivity contribution in [2.75, 3.05) is 12.4 Å². The van der Waals surface area contributed by atoms with Gasteiger partial charge in [-0.2, -0.15) is 5.10 Å². The van der Waals surface area contributed by atoms with Crippen LogP contribution in [0.3, 0.4) is 0 Å². The second-order valence-electron chi connectivity index (χ2n) is 5.43. The van der Waals surface area contributed by atoms with Crippen molar-refractivity contribution in [2.45, 2.75) is 6.54 Å². The van der Waals surface area contributed by atoms with Crippen molar-refractivity contribution in [1.29, 1.82) is 0 Å². The number of carbonyl (C=O) groups is 1. The lowest BCUT2D eigenvalue weighted by atomic mass is 10.2. The fourth-order valence-electron chi connectivity index (χ4n) is 2.42. The van der Waals surface area contributed by atoms with E-state index in [0.29, 0.717) is 32.6 Å². The SMILES string of the molecule is COc1ccc(Cl)cc1C(=O)Nc1cnn(Cc2c(F)cccc2Cl)c1. The number of hydrogen-bond donors (Lipinski definition) is 1. The Kier molecular flexibility index (Phi) is 5.44. The molecule has 0 fully saturated rings. The number of amides is 1. The highest BCUT2D eigenvalue weighted by Crippen LogP contribution is 2.24. The summed E-state index contributed by atoms with van der Waals surface area (Å²) >= 11 is 12.0. The maximum atomic E-state index is 13.9. The molecule has 1 N–H and O–H groups in total. The molecule has 0 aliphatic rings. The van der Waals surface area contributed by atoms with E-state index in [1.807, 2.05) is 0 Å². The monoisotopic (exact) mass is 393 g/mol. The lowest BCUT2D eigenvalue weighted by molar-refractivity contribution is 0.102. The number of nitrogens with zero attached hydrogens (tertiary/aromatic N) is 2. The van der Waals surface area contributed by atoms with Crippen LogP contribution in [0.25, 0.3) is 0 Å². The summed E-state index contributed by atoms with van der Waals surface area (Å²) in [6.07, 6.45) is 3.04. The number of hydrogen-bond acceptors (Lipinski definition) is 3. The fraction of sp³-hybridized carbons (Fsp3) is 0.111. The van der Waals surface area contributed by atoms with Crippen LogP contribution in [0.5, 0.6) is 5.75 Å². The summed E-state index contributed by atoms with van der Waals surface area (Å²) < 4.78 is 20.5. The van der Waals surface area contributed by atoms with Crippen LogP contribution in [-0.2, 0) is 6.54 Å². The quantitative estimate of drug-likeness (QED) is 0.686. The van der Waals surface area contributed by atoms with E-state index >= 15 is 0 Å². The molecule has 0 atom stereocenters. The third-order valence-corrected chi connectivity index (χ3v) is 4.27. The molecule has 3 aromatic rings. The second kappa shape index (κ2) is 7.76. The number of ether oxygens (including phenoxy) is 1. The Labute approximate surface area is 159 Å². The molecule has 1 heterocycles. The Morgan fingerprint density at radius 2 is 2.12 bits per heavy atom. The molecule has 0 spiro atoms. The van der Waals surface area contributed by atoms with E-state index in [-0.39, 0.29) is 6.54 Å². The molecule has 5 nitrogen and oxygen atoms in total. The average molecular weight is 394 g/mol. The highest BCUT2D eigenvalue weighted by atomic mass is 35.5. The summed E-state index contributed by atoms with van der Waals surface area (Å²) in [5.41, 5.74) is 1.07. The zero-order valence-electron chi connectivity index (χ0n) is 13.7. The topological polar surface area (TPSA) is 56.1 Å². The summed E-state index contributed by atoms with van der Waals surface area (Å²) in [7, 11) is 1.47. The summed E-state index contributed by atoms with van der Waals surface area (Å²) in [5.74, 6) is -0.410. The molecular formula is C18H14Cl2FN3O2. The number of aromatic nitrogens is 2. The van der Waals surface area contributed by atoms with Gasteiger partial charge in [0, 0.05) is 21.8 Å². The van der Waals surface area contributed by atoms with Gasteiger partial charge in [0.1, 0.15) is 11.6 Å². The van der Waals surface area contributed by atoms with Crippen LogP contribution < -0.4 is 10.1 Å². The Morgan fingerprint density at radius 1 is 1.31 bits per heavy atom. The van der Waals surface area contributed by atoms with Gasteiger partial charge in [-0.1, -0.05) is 29.3 Å². The van der Waals surface area contributed by atoms with Gasteiger partial charge in [-0.05, 0) is 30.3 Å². The van der Waals surface area contributed by atoms with Crippen LogP contribution in [0, 0.1) is 5.82 Å². The molecule has 3 rings (SSSR count). The number of anilines is 1. The van der Waals surface area contributed by atoms with Crippen LogP contribution in [0.1, 0.15) is 15.9 Å². The normalized spacial score (nSPS) is 10.6. The second-order valence-corrected chi connectivity index (χ2v) is 6.27. The predicted octanol–water partition coefficient (Wildman–Crippen LogP) is 4.64. The Bertz CT molecular complexity index is 939. The van der Waals surface area contributed by atoms with Crippen LogP contribution in [0.4, 0.5) is 10.1 Å². The molecule has 134 valence electrons. The zero-order valence-corrected chi connectivity index (χ0v) is 15.2. The van der Waals surface area contributed by atoms with Gasteiger partial charge in [-0.25, -0.2) is 4.39 Å². The molecule has 26 heavy (non-hydrogen) atoms. The van der Waals surface area contributed by atoms with Crippen LogP contribution in [0.2, 0.25) is 10.0 Å². The van der Waals surface area contributed by atoms with Crippen molar-refractivity contribution >= 4 is 34.8 Å². The number of halogens is 3. The summed E-state index contributed by atoms with van der Waals surface area (Å²) in [6.45, 7) is 0.141. The average Bonchev–Trinajstić information content (AvgIpc) is 3.05. The smallest absolute Gasteiger partial charge is 0.259 e. The Hall–Kier alpha value is -2.57. The van der Waals surface area contributed by atoms with Crippen molar-refractivity contribution < 1.29 is 13.9 Å². The number of carbonyl (C=O) groups excluding carboxylic acids is 1. The zero-order chi connectivity index (χ0) is 18.7. The standard InChI is InChI=1S/C18H14Cl2FN3O2/c1-26-17-6-5-11(19)7-13(17)18(25)23-12-8-22-24(9-12)10-14-15(20)3-2-4-16(14)21/h2-9H,10H2,1H3,(H,23,25).